The van der Waals surface area contributed by atoms with Crippen LogP contribution in [0.15, 0.2) is 12.1 Å². The average molecular weight is 393 g/mol. The third-order valence-corrected chi connectivity index (χ3v) is 11.0. The number of hydrogen-bond acceptors (Lipinski definition) is 5. The number of carbonyl (C=O) groups is 1. The highest BCUT2D eigenvalue weighted by atomic mass is 16.6. The second kappa shape index (κ2) is 4.11. The van der Waals surface area contributed by atoms with Crippen LogP contribution in [0.4, 0.5) is 0 Å². The van der Waals surface area contributed by atoms with Gasteiger partial charge >= 0.3 is 0 Å². The van der Waals surface area contributed by atoms with Gasteiger partial charge < -0.3 is 14.2 Å². The van der Waals surface area contributed by atoms with E-state index >= 15 is 0 Å². The molecule has 5 heteroatoms. The van der Waals surface area contributed by atoms with Crippen molar-refractivity contribution in [2.45, 2.75) is 61.8 Å². The van der Waals surface area contributed by atoms with Crippen LogP contribution in [0.3, 0.4) is 0 Å². The summed E-state index contributed by atoms with van der Waals surface area (Å²) in [5.74, 6) is 3.15. The Morgan fingerprint density at radius 2 is 2.10 bits per heavy atom. The average Bonchev–Trinajstić information content (AvgIpc) is 3.55. The molecule has 2 aliphatic heterocycles. The number of ether oxygens (including phenoxy) is 3. The van der Waals surface area contributed by atoms with E-state index < -0.39 is 5.60 Å². The van der Waals surface area contributed by atoms with E-state index in [0.29, 0.717) is 17.9 Å². The quantitative estimate of drug-likeness (QED) is 0.739. The van der Waals surface area contributed by atoms with Crippen molar-refractivity contribution in [1.82, 2.24) is 4.90 Å². The topological polar surface area (TPSA) is 47.8 Å². The predicted molar refractivity (Wildman–Crippen MR) is 104 cm³/mol. The lowest BCUT2D eigenvalue weighted by Gasteiger charge is -2.65. The van der Waals surface area contributed by atoms with Gasteiger partial charge in [-0.05, 0) is 62.6 Å². The van der Waals surface area contributed by atoms with Crippen LogP contribution in [0, 0.1) is 22.7 Å². The number of benzene rings is 1. The van der Waals surface area contributed by atoms with Gasteiger partial charge in [-0.2, -0.15) is 0 Å². The van der Waals surface area contributed by atoms with Crippen molar-refractivity contribution in [2.75, 3.05) is 21.3 Å². The molecule has 5 saturated carbocycles. The highest BCUT2D eigenvalue weighted by Gasteiger charge is 3.03. The van der Waals surface area contributed by atoms with E-state index in [0.717, 1.165) is 30.8 Å². The zero-order valence-electron chi connectivity index (χ0n) is 17.5. The van der Waals surface area contributed by atoms with Crippen LogP contribution in [0.1, 0.15) is 43.2 Å². The Kier molecular flexibility index (Phi) is 2.29. The van der Waals surface area contributed by atoms with Crippen molar-refractivity contribution in [3.63, 3.8) is 0 Å². The molecule has 2 heterocycles. The highest BCUT2D eigenvalue weighted by molar-refractivity contribution is 5.82. The first kappa shape index (κ1) is 16.1. The summed E-state index contributed by atoms with van der Waals surface area (Å²) in [6.45, 7) is 1.76. The summed E-state index contributed by atoms with van der Waals surface area (Å²) >= 11 is 0. The fraction of sp³-hybridized carbons (Fsp3) is 0.708. The Balaban J connectivity index is 1.47. The molecular formula is C24H27NO4. The second-order valence-corrected chi connectivity index (χ2v) is 10.9. The lowest BCUT2D eigenvalue weighted by molar-refractivity contribution is -0.255. The van der Waals surface area contributed by atoms with Gasteiger partial charge in [0.05, 0.1) is 13.0 Å². The number of nitrogens with zero attached hydrogens (tertiary/aromatic N) is 1. The summed E-state index contributed by atoms with van der Waals surface area (Å²) in [6, 6.07) is 4.95. The number of carbonyl (C=O) groups excluding carboxylic acids is 1. The largest absolute Gasteiger partial charge is 0.493 e. The molecule has 0 radical (unpaired) electrons. The molecule has 10 atom stereocenters. The summed E-state index contributed by atoms with van der Waals surface area (Å²) < 4.78 is 19.1. The van der Waals surface area contributed by atoms with E-state index in [9.17, 15) is 4.79 Å². The number of rotatable bonds is 3. The van der Waals surface area contributed by atoms with Crippen molar-refractivity contribution in [1.29, 1.82) is 0 Å². The number of fused-ring (bicyclic) bond motifs is 2. The van der Waals surface area contributed by atoms with Gasteiger partial charge in [0.15, 0.2) is 11.5 Å². The van der Waals surface area contributed by atoms with Crippen molar-refractivity contribution in [3.05, 3.63) is 23.3 Å². The zero-order valence-corrected chi connectivity index (χ0v) is 17.5. The molecular weight excluding hydrogens is 366 g/mol. The van der Waals surface area contributed by atoms with Crippen molar-refractivity contribution < 1.29 is 19.0 Å². The normalized spacial score (nSPS) is 57.5. The summed E-state index contributed by atoms with van der Waals surface area (Å²) in [6.07, 6.45) is 4.15. The number of Topliss-reactive ketones (excluding diaryl/α,β-unsaturated/α-hetero) is 1. The lowest BCUT2D eigenvalue weighted by Crippen LogP contribution is -2.73. The van der Waals surface area contributed by atoms with E-state index in [1.165, 1.54) is 17.5 Å². The van der Waals surface area contributed by atoms with Crippen LogP contribution >= 0.6 is 0 Å². The van der Waals surface area contributed by atoms with Crippen LogP contribution in [-0.4, -0.2) is 55.2 Å². The third kappa shape index (κ3) is 1.16. The first-order valence-electron chi connectivity index (χ1n) is 11.1. The molecule has 5 nitrogen and oxygen atoms in total. The van der Waals surface area contributed by atoms with Crippen molar-refractivity contribution in [2.24, 2.45) is 22.7 Å². The van der Waals surface area contributed by atoms with E-state index in [4.69, 9.17) is 14.2 Å². The highest BCUT2D eigenvalue weighted by Crippen LogP contribution is 2.98. The molecule has 1 aromatic carbocycles. The minimum Gasteiger partial charge on any atom is -0.493 e. The number of likely N-dealkylation sites (N-methyl/N-ethyl adjacent to an activating group) is 1. The number of piperidine rings is 1. The zero-order chi connectivity index (χ0) is 19.7. The molecule has 1 saturated heterocycles. The lowest BCUT2D eigenvalue weighted by atomic mass is 9.44. The van der Waals surface area contributed by atoms with E-state index in [1.54, 1.807) is 21.1 Å². The molecule has 9 rings (SSSR count). The van der Waals surface area contributed by atoms with Gasteiger partial charge in [-0.25, -0.2) is 0 Å². The maximum atomic E-state index is 12.9. The van der Waals surface area contributed by atoms with Gasteiger partial charge in [0.25, 0.3) is 0 Å². The summed E-state index contributed by atoms with van der Waals surface area (Å²) in [4.78, 5) is 15.6. The van der Waals surface area contributed by atoms with Gasteiger partial charge in [-0.1, -0.05) is 6.07 Å². The maximum Gasteiger partial charge on any atom is 0.165 e. The molecule has 0 N–H and O–H groups in total. The molecule has 152 valence electrons. The van der Waals surface area contributed by atoms with Crippen LogP contribution in [0.2, 0.25) is 0 Å². The SMILES string of the molecule is COc1ccc2c3c1OC1C4(OC)CCC5(CC4C(C)=O)C4N(C)C4(C2)C2C3C125. The Morgan fingerprint density at radius 3 is 2.83 bits per heavy atom. The Hall–Kier alpha value is -1.59. The first-order chi connectivity index (χ1) is 14.0. The minimum atomic E-state index is -0.500. The third-order valence-electron chi connectivity index (χ3n) is 11.0. The fourth-order valence-corrected chi connectivity index (χ4v) is 10.5. The van der Waals surface area contributed by atoms with Gasteiger partial charge in [0.1, 0.15) is 17.5 Å². The monoisotopic (exact) mass is 393 g/mol. The number of likely N-dealkylation sites (tertiary alicyclic amines) is 1. The number of ketones is 1. The number of methoxy groups -OCH3 is 2. The van der Waals surface area contributed by atoms with E-state index in [-0.39, 0.29) is 34.2 Å². The maximum absolute atomic E-state index is 12.9. The van der Waals surface area contributed by atoms with Gasteiger partial charge in [0, 0.05) is 35.6 Å². The summed E-state index contributed by atoms with van der Waals surface area (Å²) in [7, 11) is 5.87. The van der Waals surface area contributed by atoms with Crippen LogP contribution in [0.5, 0.6) is 11.5 Å². The fourth-order valence-electron chi connectivity index (χ4n) is 10.5. The first-order valence-corrected chi connectivity index (χ1v) is 11.1. The molecule has 2 bridgehead atoms. The molecule has 0 amide bonds. The Bertz CT molecular complexity index is 1050. The standard InChI is InChI=1S/C24H27NO4/c1-11(26)13-10-21-7-8-23(13,28-4)20-24(21)16-15-12(5-6-14(27-3)17(15)29-20)9-22(18(16)24)19(21)25(22)2/h5-6,13,16,18-20H,7-10H2,1-4H3. The van der Waals surface area contributed by atoms with E-state index in [1.807, 2.05) is 0 Å². The van der Waals surface area contributed by atoms with Crippen LogP contribution < -0.4 is 9.47 Å². The predicted octanol–water partition coefficient (Wildman–Crippen LogP) is 2.55. The van der Waals surface area contributed by atoms with E-state index in [2.05, 4.69) is 24.1 Å². The smallest absolute Gasteiger partial charge is 0.165 e. The molecule has 6 fully saturated rings. The van der Waals surface area contributed by atoms with Crippen LogP contribution in [0.25, 0.3) is 0 Å². The Labute approximate surface area is 170 Å². The molecule has 6 aliphatic carbocycles. The van der Waals surface area contributed by atoms with Crippen molar-refractivity contribution >= 4 is 5.78 Å². The Morgan fingerprint density at radius 1 is 1.28 bits per heavy atom. The van der Waals surface area contributed by atoms with Gasteiger partial charge in [-0.3, -0.25) is 9.69 Å². The van der Waals surface area contributed by atoms with Crippen LogP contribution in [-0.2, 0) is 16.0 Å². The molecule has 3 spiro atoms. The molecule has 0 aromatic heterocycles. The van der Waals surface area contributed by atoms with Crippen molar-refractivity contribution in [3.8, 4) is 11.5 Å². The number of hydrogen-bond donors (Lipinski definition) is 0. The van der Waals surface area contributed by atoms with Gasteiger partial charge in [0.2, 0.25) is 0 Å². The summed E-state index contributed by atoms with van der Waals surface area (Å²) in [5.41, 5.74) is 2.99. The molecule has 1 aromatic rings. The molecule has 8 aliphatic rings. The summed E-state index contributed by atoms with van der Waals surface area (Å²) in [5, 5.41) is 0. The van der Waals surface area contributed by atoms with Gasteiger partial charge in [-0.15, -0.1) is 0 Å². The molecule has 10 unspecified atom stereocenters. The molecule has 29 heavy (non-hydrogen) atoms. The minimum absolute atomic E-state index is 0.0424. The second-order valence-electron chi connectivity index (χ2n) is 10.9.